The van der Waals surface area contributed by atoms with Crippen LogP contribution >= 0.6 is 0 Å². The molecule has 1 fully saturated rings. The lowest BCUT2D eigenvalue weighted by Crippen LogP contribution is -2.19. The van der Waals surface area contributed by atoms with Crippen molar-refractivity contribution in [2.75, 3.05) is 19.8 Å². The molecule has 0 unspecified atom stereocenters. The molecule has 18 heavy (non-hydrogen) atoms. The zero-order valence-electron chi connectivity index (χ0n) is 10.6. The first-order valence-corrected chi connectivity index (χ1v) is 6.76. The Balaban J connectivity index is 1.38. The maximum atomic E-state index is 5.59. The highest BCUT2D eigenvalue weighted by molar-refractivity contribution is 5.79. The summed E-state index contributed by atoms with van der Waals surface area (Å²) in [5.41, 5.74) is 2.52. The third kappa shape index (κ3) is 3.12. The van der Waals surface area contributed by atoms with Gasteiger partial charge >= 0.3 is 0 Å². The number of benzene rings is 1. The van der Waals surface area contributed by atoms with Gasteiger partial charge in [0.05, 0.1) is 6.61 Å². The fourth-order valence-corrected chi connectivity index (χ4v) is 2.12. The summed E-state index contributed by atoms with van der Waals surface area (Å²) < 4.78 is 5.59. The SMILES string of the molecule is c1cc2cc(CNCCOCC3CC3)ccc2[nH]1. The highest BCUT2D eigenvalue weighted by atomic mass is 16.5. The number of ether oxygens (including phenoxy) is 1. The minimum Gasteiger partial charge on any atom is -0.380 e. The van der Waals surface area contributed by atoms with Crippen LogP contribution in [0.15, 0.2) is 30.5 Å². The summed E-state index contributed by atoms with van der Waals surface area (Å²) in [7, 11) is 0. The van der Waals surface area contributed by atoms with Gasteiger partial charge in [-0.15, -0.1) is 0 Å². The largest absolute Gasteiger partial charge is 0.380 e. The molecule has 0 amide bonds. The van der Waals surface area contributed by atoms with Crippen molar-refractivity contribution in [1.29, 1.82) is 0 Å². The molecule has 0 bridgehead atoms. The second kappa shape index (κ2) is 5.55. The number of rotatable bonds is 7. The van der Waals surface area contributed by atoms with Crippen molar-refractivity contribution in [3.8, 4) is 0 Å². The number of hydrogen-bond donors (Lipinski definition) is 2. The van der Waals surface area contributed by atoms with Crippen molar-refractivity contribution < 1.29 is 4.74 Å². The van der Waals surface area contributed by atoms with Crippen LogP contribution < -0.4 is 5.32 Å². The van der Waals surface area contributed by atoms with Gasteiger partial charge in [-0.25, -0.2) is 0 Å². The second-order valence-electron chi connectivity index (χ2n) is 5.09. The molecular weight excluding hydrogens is 224 g/mol. The summed E-state index contributed by atoms with van der Waals surface area (Å²) in [4.78, 5) is 3.21. The molecule has 2 N–H and O–H groups in total. The molecule has 1 aromatic carbocycles. The van der Waals surface area contributed by atoms with E-state index in [1.807, 2.05) is 6.20 Å². The van der Waals surface area contributed by atoms with Gasteiger partial charge in [0.2, 0.25) is 0 Å². The zero-order chi connectivity index (χ0) is 12.2. The Bertz CT molecular complexity index is 502. The molecular formula is C15H20N2O. The molecule has 1 aromatic heterocycles. The van der Waals surface area contributed by atoms with Gasteiger partial charge in [0.1, 0.15) is 0 Å². The lowest BCUT2D eigenvalue weighted by molar-refractivity contribution is 0.126. The van der Waals surface area contributed by atoms with E-state index >= 15 is 0 Å². The topological polar surface area (TPSA) is 37.0 Å². The van der Waals surface area contributed by atoms with Gasteiger partial charge in [0, 0.05) is 31.4 Å². The Morgan fingerprint density at radius 1 is 1.28 bits per heavy atom. The highest BCUT2D eigenvalue weighted by Crippen LogP contribution is 2.28. The Hall–Kier alpha value is -1.32. The Morgan fingerprint density at radius 3 is 3.11 bits per heavy atom. The van der Waals surface area contributed by atoms with Gasteiger partial charge in [-0.2, -0.15) is 0 Å². The standard InChI is InChI=1S/C15H20N2O/c1-2-12(1)11-18-8-7-16-10-13-3-4-15-14(9-13)5-6-17-15/h3-6,9,12,16-17H,1-2,7-8,10-11H2. The molecule has 1 aliphatic carbocycles. The first-order valence-electron chi connectivity index (χ1n) is 6.76. The lowest BCUT2D eigenvalue weighted by atomic mass is 10.1. The molecule has 1 saturated carbocycles. The first-order chi connectivity index (χ1) is 8.92. The Labute approximate surface area is 108 Å². The first kappa shape index (κ1) is 11.8. The molecule has 96 valence electrons. The quantitative estimate of drug-likeness (QED) is 0.735. The summed E-state index contributed by atoms with van der Waals surface area (Å²) in [6, 6.07) is 8.63. The van der Waals surface area contributed by atoms with Gasteiger partial charge in [-0.05, 0) is 47.9 Å². The van der Waals surface area contributed by atoms with Crippen LogP contribution in [0.25, 0.3) is 10.9 Å². The molecule has 1 heterocycles. The van der Waals surface area contributed by atoms with Crippen LogP contribution in [-0.2, 0) is 11.3 Å². The van der Waals surface area contributed by atoms with Crippen LogP contribution in [0.5, 0.6) is 0 Å². The van der Waals surface area contributed by atoms with Crippen molar-refractivity contribution in [3.63, 3.8) is 0 Å². The van der Waals surface area contributed by atoms with Gasteiger partial charge < -0.3 is 15.0 Å². The molecule has 0 atom stereocenters. The average molecular weight is 244 g/mol. The maximum absolute atomic E-state index is 5.59. The molecule has 3 rings (SSSR count). The van der Waals surface area contributed by atoms with Crippen LogP contribution in [-0.4, -0.2) is 24.7 Å². The van der Waals surface area contributed by atoms with E-state index in [9.17, 15) is 0 Å². The predicted octanol–water partition coefficient (Wildman–Crippen LogP) is 2.68. The van der Waals surface area contributed by atoms with E-state index in [4.69, 9.17) is 4.74 Å². The number of nitrogens with one attached hydrogen (secondary N) is 2. The van der Waals surface area contributed by atoms with E-state index in [1.54, 1.807) is 0 Å². The fraction of sp³-hybridized carbons (Fsp3) is 0.467. The molecule has 3 nitrogen and oxygen atoms in total. The summed E-state index contributed by atoms with van der Waals surface area (Å²) >= 11 is 0. The van der Waals surface area contributed by atoms with Gasteiger partial charge in [0.25, 0.3) is 0 Å². The second-order valence-corrected chi connectivity index (χ2v) is 5.09. The average Bonchev–Trinajstić information content (AvgIpc) is 3.09. The molecule has 0 saturated heterocycles. The summed E-state index contributed by atoms with van der Waals surface area (Å²) in [6.07, 6.45) is 4.71. The number of hydrogen-bond acceptors (Lipinski definition) is 2. The third-order valence-corrected chi connectivity index (χ3v) is 3.42. The van der Waals surface area contributed by atoms with Crippen LogP contribution in [0.3, 0.4) is 0 Å². The number of aromatic amines is 1. The van der Waals surface area contributed by atoms with Crippen LogP contribution in [0.1, 0.15) is 18.4 Å². The van der Waals surface area contributed by atoms with Crippen LogP contribution in [0.2, 0.25) is 0 Å². The Kier molecular flexibility index (Phi) is 3.62. The van der Waals surface area contributed by atoms with Crippen LogP contribution in [0, 0.1) is 5.92 Å². The van der Waals surface area contributed by atoms with E-state index in [0.717, 1.165) is 32.2 Å². The minimum atomic E-state index is 0.822. The van der Waals surface area contributed by atoms with Crippen molar-refractivity contribution in [3.05, 3.63) is 36.0 Å². The van der Waals surface area contributed by atoms with Crippen LogP contribution in [0.4, 0.5) is 0 Å². The predicted molar refractivity (Wildman–Crippen MR) is 73.5 cm³/mol. The number of aromatic nitrogens is 1. The third-order valence-electron chi connectivity index (χ3n) is 3.42. The summed E-state index contributed by atoms with van der Waals surface area (Å²) in [6.45, 7) is 3.62. The molecule has 2 aromatic rings. The molecule has 0 radical (unpaired) electrons. The summed E-state index contributed by atoms with van der Waals surface area (Å²) in [5, 5.41) is 4.69. The molecule has 0 spiro atoms. The van der Waals surface area contributed by atoms with Gasteiger partial charge in [-0.1, -0.05) is 6.07 Å². The highest BCUT2D eigenvalue weighted by Gasteiger charge is 2.20. The fourth-order valence-electron chi connectivity index (χ4n) is 2.12. The number of fused-ring (bicyclic) bond motifs is 1. The van der Waals surface area contributed by atoms with E-state index in [1.165, 1.54) is 29.3 Å². The normalized spacial score (nSPS) is 15.3. The lowest BCUT2D eigenvalue weighted by Gasteiger charge is -2.06. The van der Waals surface area contributed by atoms with Crippen molar-refractivity contribution in [2.24, 2.45) is 5.92 Å². The minimum absolute atomic E-state index is 0.822. The molecule has 1 aliphatic rings. The van der Waals surface area contributed by atoms with E-state index < -0.39 is 0 Å². The smallest absolute Gasteiger partial charge is 0.0591 e. The molecule has 0 aliphatic heterocycles. The Morgan fingerprint density at radius 2 is 2.22 bits per heavy atom. The van der Waals surface area contributed by atoms with Gasteiger partial charge in [-0.3, -0.25) is 0 Å². The summed E-state index contributed by atoms with van der Waals surface area (Å²) in [5.74, 6) is 0.862. The monoisotopic (exact) mass is 244 g/mol. The van der Waals surface area contributed by atoms with Crippen molar-refractivity contribution in [2.45, 2.75) is 19.4 Å². The number of H-pyrrole nitrogens is 1. The molecule has 3 heteroatoms. The van der Waals surface area contributed by atoms with E-state index in [-0.39, 0.29) is 0 Å². The maximum Gasteiger partial charge on any atom is 0.0591 e. The van der Waals surface area contributed by atoms with Crippen molar-refractivity contribution >= 4 is 10.9 Å². The zero-order valence-corrected chi connectivity index (χ0v) is 10.6. The van der Waals surface area contributed by atoms with Crippen molar-refractivity contribution in [1.82, 2.24) is 10.3 Å². The van der Waals surface area contributed by atoms with E-state index in [2.05, 4.69) is 34.6 Å². The van der Waals surface area contributed by atoms with Gasteiger partial charge in [0.15, 0.2) is 0 Å². The van der Waals surface area contributed by atoms with E-state index in [0.29, 0.717) is 0 Å².